The summed E-state index contributed by atoms with van der Waals surface area (Å²) in [6.07, 6.45) is -4.50. The van der Waals surface area contributed by atoms with Crippen molar-refractivity contribution >= 4 is 36.2 Å². The molecule has 1 atom stereocenters. The van der Waals surface area contributed by atoms with Gasteiger partial charge in [-0.05, 0) is 36.7 Å². The minimum atomic E-state index is -5.37. The average molecular weight is 576 g/mol. The van der Waals surface area contributed by atoms with Gasteiger partial charge in [0, 0.05) is 32.5 Å². The molecule has 0 fully saturated rings. The lowest BCUT2D eigenvalue weighted by Crippen LogP contribution is -2.46. The molecule has 0 bridgehead atoms. The first-order chi connectivity index (χ1) is 18.6. The molecular weight excluding hydrogens is 547 g/mol. The number of methoxy groups -OCH3 is 1. The molecule has 40 heavy (non-hydrogen) atoms. The minimum Gasteiger partial charge on any atom is -0.496 e. The van der Waals surface area contributed by atoms with Crippen molar-refractivity contribution in [3.63, 3.8) is 0 Å². The van der Waals surface area contributed by atoms with Crippen LogP contribution in [-0.2, 0) is 17.1 Å². The molecule has 212 valence electrons. The number of alkyl halides is 3. The molecule has 3 heterocycles. The summed E-state index contributed by atoms with van der Waals surface area (Å²) >= 11 is 0. The fourth-order valence-corrected chi connectivity index (χ4v) is 5.34. The maximum Gasteiger partial charge on any atom is 0.429 e. The van der Waals surface area contributed by atoms with Crippen molar-refractivity contribution in [1.29, 1.82) is 5.26 Å². The number of fused-ring (bicyclic) bond motifs is 2. The van der Waals surface area contributed by atoms with Gasteiger partial charge in [-0.15, -0.1) is 0 Å². The van der Waals surface area contributed by atoms with Crippen molar-refractivity contribution in [1.82, 2.24) is 19.1 Å². The smallest absolute Gasteiger partial charge is 0.429 e. The summed E-state index contributed by atoms with van der Waals surface area (Å²) in [7, 11) is -0.380. The standard InChI is InChI=1S/C26H28F3N5O5Si/c1-15-10-19(38-2)20(17-6-7-33(21(15)17)24(35)36)25(37,26(27,28)29)23-32-18-11-16(12-30)13-31-22(18)34(23)14-39-8-9-40(3,4)5/h6-7,10-11,13,37H,8-9,14H2,1-5H3,(H,35,36). The normalized spacial score (nSPS) is 13.9. The van der Waals surface area contributed by atoms with Gasteiger partial charge < -0.3 is 19.7 Å². The zero-order valence-electron chi connectivity index (χ0n) is 22.5. The number of ether oxygens (including phenoxy) is 2. The van der Waals surface area contributed by atoms with Gasteiger partial charge >= 0.3 is 12.3 Å². The molecule has 0 amide bonds. The van der Waals surface area contributed by atoms with E-state index in [1.54, 1.807) is 0 Å². The maximum atomic E-state index is 15.2. The summed E-state index contributed by atoms with van der Waals surface area (Å²) in [6, 6.07) is 6.29. The molecule has 3 aromatic heterocycles. The van der Waals surface area contributed by atoms with Crippen LogP contribution in [0, 0.1) is 18.3 Å². The fourth-order valence-electron chi connectivity index (χ4n) is 4.59. The number of aromatic nitrogens is 4. The van der Waals surface area contributed by atoms with Crippen LogP contribution in [0.5, 0.6) is 5.75 Å². The molecule has 1 unspecified atom stereocenters. The number of hydrogen-bond donors (Lipinski definition) is 2. The van der Waals surface area contributed by atoms with Crippen molar-refractivity contribution in [2.45, 2.75) is 51.1 Å². The van der Waals surface area contributed by atoms with Crippen molar-refractivity contribution in [3.8, 4) is 11.8 Å². The lowest BCUT2D eigenvalue weighted by atomic mass is 9.87. The van der Waals surface area contributed by atoms with Gasteiger partial charge in [-0.1, -0.05) is 19.6 Å². The SMILES string of the molecule is COc1cc(C)c2c(ccn2C(=O)O)c1C(O)(c1nc2cc(C#N)cnc2n1COCC[Si](C)(C)C)C(F)(F)F. The van der Waals surface area contributed by atoms with Crippen molar-refractivity contribution in [2.24, 2.45) is 0 Å². The number of hydrogen-bond acceptors (Lipinski definition) is 7. The number of carbonyl (C=O) groups is 1. The number of benzene rings is 1. The first-order valence-electron chi connectivity index (χ1n) is 12.2. The van der Waals surface area contributed by atoms with Gasteiger partial charge in [-0.2, -0.15) is 18.4 Å². The number of carboxylic acid groups (broad SMARTS) is 1. The topological polar surface area (TPSA) is 135 Å². The molecule has 1 aromatic carbocycles. The Kier molecular flexibility index (Phi) is 7.43. The third-order valence-electron chi connectivity index (χ3n) is 6.58. The third-order valence-corrected chi connectivity index (χ3v) is 8.28. The number of nitriles is 1. The molecular formula is C26H28F3N5O5Si. The highest BCUT2D eigenvalue weighted by Gasteiger charge is 2.61. The van der Waals surface area contributed by atoms with Crippen LogP contribution in [0.15, 0.2) is 30.6 Å². The number of halogens is 3. The van der Waals surface area contributed by atoms with Gasteiger partial charge in [-0.3, -0.25) is 9.13 Å². The number of aryl methyl sites for hydroxylation is 1. The molecule has 2 N–H and O–H groups in total. The van der Waals surface area contributed by atoms with E-state index in [0.717, 1.165) is 28.5 Å². The van der Waals surface area contributed by atoms with E-state index >= 15 is 13.2 Å². The highest BCUT2D eigenvalue weighted by molar-refractivity contribution is 6.76. The highest BCUT2D eigenvalue weighted by atomic mass is 28.3. The predicted molar refractivity (Wildman–Crippen MR) is 142 cm³/mol. The van der Waals surface area contributed by atoms with Crippen LogP contribution in [0.2, 0.25) is 25.7 Å². The molecule has 0 spiro atoms. The highest BCUT2D eigenvalue weighted by Crippen LogP contribution is 2.50. The monoisotopic (exact) mass is 575 g/mol. The first-order valence-corrected chi connectivity index (χ1v) is 15.9. The number of aliphatic hydroxyl groups is 1. The maximum absolute atomic E-state index is 15.2. The molecule has 0 aliphatic carbocycles. The van der Waals surface area contributed by atoms with Crippen LogP contribution in [0.1, 0.15) is 22.5 Å². The van der Waals surface area contributed by atoms with Gasteiger partial charge in [0.05, 0.1) is 23.8 Å². The number of imidazole rings is 1. The first kappa shape index (κ1) is 29.1. The average Bonchev–Trinajstić information content (AvgIpc) is 3.47. The Balaban J connectivity index is 2.06. The van der Waals surface area contributed by atoms with E-state index in [2.05, 4.69) is 29.6 Å². The quantitative estimate of drug-likeness (QED) is 0.216. The Morgan fingerprint density at radius 1 is 1.25 bits per heavy atom. The summed E-state index contributed by atoms with van der Waals surface area (Å²) in [4.78, 5) is 20.1. The predicted octanol–water partition coefficient (Wildman–Crippen LogP) is 5.21. The summed E-state index contributed by atoms with van der Waals surface area (Å²) < 4.78 is 58.5. The molecule has 14 heteroatoms. The Hall–Kier alpha value is -3.93. The Bertz CT molecular complexity index is 1650. The second-order valence-corrected chi connectivity index (χ2v) is 16.2. The van der Waals surface area contributed by atoms with Gasteiger partial charge in [0.1, 0.15) is 24.1 Å². The van der Waals surface area contributed by atoms with E-state index in [1.165, 1.54) is 31.3 Å². The van der Waals surface area contributed by atoms with Crippen molar-refractivity contribution in [3.05, 3.63) is 53.1 Å². The lowest BCUT2D eigenvalue weighted by Gasteiger charge is -2.32. The van der Waals surface area contributed by atoms with Gasteiger partial charge in [-0.25, -0.2) is 14.8 Å². The van der Waals surface area contributed by atoms with Crippen LogP contribution in [0.25, 0.3) is 22.1 Å². The number of nitrogens with zero attached hydrogens (tertiary/aromatic N) is 5. The summed E-state index contributed by atoms with van der Waals surface area (Å²) in [5.41, 5.74) is -4.30. The largest absolute Gasteiger partial charge is 0.496 e. The molecule has 0 aliphatic heterocycles. The van der Waals surface area contributed by atoms with Crippen LogP contribution in [0.4, 0.5) is 18.0 Å². The van der Waals surface area contributed by atoms with E-state index in [-0.39, 0.29) is 40.0 Å². The zero-order chi connectivity index (χ0) is 29.6. The Morgan fingerprint density at radius 2 is 1.95 bits per heavy atom. The third kappa shape index (κ3) is 4.91. The second kappa shape index (κ2) is 10.2. The lowest BCUT2D eigenvalue weighted by molar-refractivity contribution is -0.252. The number of rotatable bonds is 8. The van der Waals surface area contributed by atoms with E-state index in [4.69, 9.17) is 9.47 Å². The fraction of sp³-hybridized carbons (Fsp3) is 0.385. The molecule has 0 aliphatic rings. The Morgan fingerprint density at radius 3 is 2.52 bits per heavy atom. The summed E-state index contributed by atoms with van der Waals surface area (Å²) in [5, 5.41) is 30.6. The second-order valence-electron chi connectivity index (χ2n) is 10.6. The zero-order valence-corrected chi connectivity index (χ0v) is 23.5. The van der Waals surface area contributed by atoms with Crippen molar-refractivity contribution < 1.29 is 37.7 Å². The molecule has 4 aromatic rings. The molecule has 10 nitrogen and oxygen atoms in total. The van der Waals surface area contributed by atoms with Crippen LogP contribution >= 0.6 is 0 Å². The van der Waals surface area contributed by atoms with E-state index in [9.17, 15) is 20.3 Å². The van der Waals surface area contributed by atoms with E-state index < -0.39 is 44.1 Å². The van der Waals surface area contributed by atoms with Gasteiger partial charge in [0.15, 0.2) is 11.5 Å². The van der Waals surface area contributed by atoms with Crippen LogP contribution in [0.3, 0.4) is 0 Å². The Labute approximate surface area is 228 Å². The van der Waals surface area contributed by atoms with Crippen LogP contribution < -0.4 is 4.74 Å². The number of pyridine rings is 1. The molecule has 0 radical (unpaired) electrons. The van der Waals surface area contributed by atoms with Gasteiger partial charge in [0.25, 0.3) is 0 Å². The van der Waals surface area contributed by atoms with E-state index in [0.29, 0.717) is 5.56 Å². The van der Waals surface area contributed by atoms with E-state index in [1.807, 2.05) is 6.07 Å². The summed E-state index contributed by atoms with van der Waals surface area (Å²) in [6.45, 7) is 7.74. The molecule has 0 saturated carbocycles. The van der Waals surface area contributed by atoms with Gasteiger partial charge in [0.2, 0.25) is 5.60 Å². The molecule has 0 saturated heterocycles. The van der Waals surface area contributed by atoms with Crippen LogP contribution in [-0.4, -0.2) is 63.4 Å². The minimum absolute atomic E-state index is 0.0323. The molecule has 4 rings (SSSR count). The summed E-state index contributed by atoms with van der Waals surface area (Å²) in [5.74, 6) is -1.19. The van der Waals surface area contributed by atoms with Crippen molar-refractivity contribution in [2.75, 3.05) is 13.7 Å².